The van der Waals surface area contributed by atoms with Gasteiger partial charge in [0, 0.05) is 47.7 Å². The minimum atomic E-state index is -0.799. The molecular formula is C29H23F2N7O3. The molecular weight excluding hydrogens is 532 g/mol. The van der Waals surface area contributed by atoms with E-state index < -0.39 is 23.1 Å². The number of carbonyl (C=O) groups is 1. The summed E-state index contributed by atoms with van der Waals surface area (Å²) in [4.78, 5) is 26.0. The number of hydrogen-bond acceptors (Lipinski definition) is 7. The number of fused-ring (bicyclic) bond motifs is 1. The van der Waals surface area contributed by atoms with E-state index >= 15 is 4.39 Å². The van der Waals surface area contributed by atoms with E-state index in [1.165, 1.54) is 42.6 Å². The third-order valence-electron chi connectivity index (χ3n) is 6.35. The van der Waals surface area contributed by atoms with Crippen molar-refractivity contribution in [1.29, 1.82) is 5.41 Å². The quantitative estimate of drug-likeness (QED) is 0.216. The van der Waals surface area contributed by atoms with Crippen LogP contribution in [0.4, 0.5) is 20.3 Å². The predicted octanol–water partition coefficient (Wildman–Crippen LogP) is 4.58. The standard InChI is InChI=1S/C29H23F2N7O3/c1-37-24-12-22(17(13-32)14-33)26(10-16(24)15-35-37)41-25-8-4-19(11-23(25)31)36-28(39)21-7-9-27(34)38(29(21)40)20-5-2-18(30)3-6-20/h2-15,32H,33-34H2,1H3,(H,36,39)/b17-14+,32-13?. The normalized spacial score (nSPS) is 11.4. The molecule has 2 aromatic heterocycles. The summed E-state index contributed by atoms with van der Waals surface area (Å²) in [5, 5.41) is 15.1. The van der Waals surface area contributed by atoms with Gasteiger partial charge in [0.1, 0.15) is 22.9 Å². The second kappa shape index (κ2) is 10.8. The lowest BCUT2D eigenvalue weighted by Crippen LogP contribution is -2.29. The number of amides is 1. The Kier molecular flexibility index (Phi) is 7.04. The van der Waals surface area contributed by atoms with E-state index in [-0.39, 0.29) is 34.3 Å². The van der Waals surface area contributed by atoms with Crippen LogP contribution in [-0.4, -0.2) is 26.5 Å². The lowest BCUT2D eigenvalue weighted by atomic mass is 10.0. The number of benzene rings is 3. The number of aromatic nitrogens is 3. The van der Waals surface area contributed by atoms with Crippen molar-refractivity contribution in [2.24, 2.45) is 12.8 Å². The third-order valence-corrected chi connectivity index (χ3v) is 6.35. The molecule has 0 aliphatic heterocycles. The van der Waals surface area contributed by atoms with Gasteiger partial charge >= 0.3 is 0 Å². The maximum absolute atomic E-state index is 15.2. The van der Waals surface area contributed by atoms with Crippen LogP contribution in [0.3, 0.4) is 0 Å². The van der Waals surface area contributed by atoms with Crippen LogP contribution in [0.5, 0.6) is 11.5 Å². The molecule has 0 aliphatic rings. The Balaban J connectivity index is 1.42. The van der Waals surface area contributed by atoms with Crippen LogP contribution in [0.25, 0.3) is 22.2 Å². The lowest BCUT2D eigenvalue weighted by Gasteiger charge is -2.14. The van der Waals surface area contributed by atoms with Gasteiger partial charge in [-0.2, -0.15) is 5.10 Å². The minimum absolute atomic E-state index is 0.0465. The largest absolute Gasteiger partial charge is 0.454 e. The van der Waals surface area contributed by atoms with Crippen molar-refractivity contribution in [3.05, 3.63) is 112 Å². The van der Waals surface area contributed by atoms with Gasteiger partial charge in [0.25, 0.3) is 11.5 Å². The first-order valence-corrected chi connectivity index (χ1v) is 12.1. The summed E-state index contributed by atoms with van der Waals surface area (Å²) in [5.41, 5.74) is 12.5. The highest BCUT2D eigenvalue weighted by molar-refractivity contribution is 6.10. The van der Waals surface area contributed by atoms with E-state index in [1.807, 2.05) is 0 Å². The van der Waals surface area contributed by atoms with Crippen molar-refractivity contribution in [3.63, 3.8) is 0 Å². The maximum atomic E-state index is 15.2. The zero-order valence-corrected chi connectivity index (χ0v) is 21.6. The van der Waals surface area contributed by atoms with E-state index in [2.05, 4.69) is 10.4 Å². The van der Waals surface area contributed by atoms with Crippen LogP contribution in [0.1, 0.15) is 15.9 Å². The lowest BCUT2D eigenvalue weighted by molar-refractivity contribution is 0.102. The summed E-state index contributed by atoms with van der Waals surface area (Å²) in [6.45, 7) is 0. The molecule has 5 aromatic rings. The Morgan fingerprint density at radius 3 is 2.46 bits per heavy atom. The Hall–Kier alpha value is -5.78. The molecule has 0 atom stereocenters. The number of pyridine rings is 1. The van der Waals surface area contributed by atoms with Gasteiger partial charge < -0.3 is 26.9 Å². The van der Waals surface area contributed by atoms with Gasteiger partial charge in [-0.05, 0) is 60.7 Å². The van der Waals surface area contributed by atoms with Gasteiger partial charge in [-0.3, -0.25) is 18.8 Å². The number of aryl methyl sites for hydroxylation is 1. The highest BCUT2D eigenvalue weighted by atomic mass is 19.1. The first kappa shape index (κ1) is 26.8. The second-order valence-corrected chi connectivity index (χ2v) is 8.93. The minimum Gasteiger partial charge on any atom is -0.454 e. The molecule has 10 nitrogen and oxygen atoms in total. The molecule has 0 fully saturated rings. The topological polar surface area (TPSA) is 154 Å². The molecule has 0 radical (unpaired) electrons. The van der Waals surface area contributed by atoms with Crippen molar-refractivity contribution in [1.82, 2.24) is 14.3 Å². The number of nitrogens with zero attached hydrogens (tertiary/aromatic N) is 3. The monoisotopic (exact) mass is 555 g/mol. The van der Waals surface area contributed by atoms with Gasteiger partial charge in [-0.1, -0.05) is 0 Å². The summed E-state index contributed by atoms with van der Waals surface area (Å²) in [7, 11) is 1.76. The number of nitrogen functional groups attached to an aromatic ring is 1. The fourth-order valence-electron chi connectivity index (χ4n) is 4.26. The fraction of sp³-hybridized carbons (Fsp3) is 0.0345. The number of halogens is 2. The zero-order valence-electron chi connectivity index (χ0n) is 21.6. The molecule has 0 aliphatic carbocycles. The predicted molar refractivity (Wildman–Crippen MR) is 152 cm³/mol. The number of anilines is 2. The zero-order chi connectivity index (χ0) is 29.3. The highest BCUT2D eigenvalue weighted by Gasteiger charge is 2.18. The SMILES string of the molecule is Cn1ncc2cc(Oc3ccc(NC(=O)c4ccc(N)n(-c5ccc(F)cc5)c4=O)cc3F)c(/C(C=N)=C/N)cc21. The van der Waals surface area contributed by atoms with E-state index in [4.69, 9.17) is 21.6 Å². The van der Waals surface area contributed by atoms with E-state index in [1.54, 1.807) is 30.1 Å². The number of hydrogen-bond donors (Lipinski definition) is 4. The molecule has 12 heteroatoms. The summed E-state index contributed by atoms with van der Waals surface area (Å²) >= 11 is 0. The Bertz CT molecular complexity index is 1910. The Morgan fingerprint density at radius 2 is 1.78 bits per heavy atom. The first-order chi connectivity index (χ1) is 19.7. The first-order valence-electron chi connectivity index (χ1n) is 12.1. The number of allylic oxidation sites excluding steroid dienone is 1. The van der Waals surface area contributed by atoms with Crippen molar-refractivity contribution in [2.45, 2.75) is 0 Å². The van der Waals surface area contributed by atoms with Crippen molar-refractivity contribution in [2.75, 3.05) is 11.1 Å². The average molecular weight is 556 g/mol. The number of rotatable bonds is 7. The summed E-state index contributed by atoms with van der Waals surface area (Å²) < 4.78 is 37.1. The van der Waals surface area contributed by atoms with Crippen LogP contribution in [0.2, 0.25) is 0 Å². The molecule has 206 valence electrons. The Labute approximate surface area is 231 Å². The van der Waals surface area contributed by atoms with Crippen LogP contribution < -0.4 is 27.1 Å². The molecule has 41 heavy (non-hydrogen) atoms. The molecule has 3 aromatic carbocycles. The molecule has 0 unspecified atom stereocenters. The molecule has 1 amide bonds. The van der Waals surface area contributed by atoms with Gasteiger partial charge in [0.2, 0.25) is 0 Å². The van der Waals surface area contributed by atoms with Crippen molar-refractivity contribution >= 4 is 40.1 Å². The maximum Gasteiger partial charge on any atom is 0.269 e. The average Bonchev–Trinajstić information content (AvgIpc) is 3.31. The molecule has 0 spiro atoms. The van der Waals surface area contributed by atoms with E-state index in [0.717, 1.165) is 39.9 Å². The molecule has 0 saturated heterocycles. The highest BCUT2D eigenvalue weighted by Crippen LogP contribution is 2.35. The summed E-state index contributed by atoms with van der Waals surface area (Å²) in [6.07, 6.45) is 3.92. The van der Waals surface area contributed by atoms with Crippen LogP contribution in [0, 0.1) is 17.0 Å². The fourth-order valence-corrected chi connectivity index (χ4v) is 4.26. The molecule has 0 bridgehead atoms. The molecule has 2 heterocycles. The van der Waals surface area contributed by atoms with Crippen LogP contribution >= 0.6 is 0 Å². The smallest absolute Gasteiger partial charge is 0.269 e. The number of nitrogens with one attached hydrogen (secondary N) is 2. The molecule has 5 rings (SSSR count). The van der Waals surface area contributed by atoms with Crippen molar-refractivity contribution < 1.29 is 18.3 Å². The van der Waals surface area contributed by atoms with E-state index in [9.17, 15) is 14.0 Å². The summed E-state index contributed by atoms with van der Waals surface area (Å²) in [6, 6.07) is 14.8. The Morgan fingerprint density at radius 1 is 1.02 bits per heavy atom. The number of nitrogens with two attached hydrogens (primary N) is 2. The van der Waals surface area contributed by atoms with E-state index in [0.29, 0.717) is 11.1 Å². The van der Waals surface area contributed by atoms with Crippen LogP contribution in [-0.2, 0) is 7.05 Å². The van der Waals surface area contributed by atoms with Gasteiger partial charge in [0.05, 0.1) is 17.4 Å². The van der Waals surface area contributed by atoms with Gasteiger partial charge in [-0.25, -0.2) is 8.78 Å². The second-order valence-electron chi connectivity index (χ2n) is 8.93. The third kappa shape index (κ3) is 5.13. The van der Waals surface area contributed by atoms with Gasteiger partial charge in [-0.15, -0.1) is 0 Å². The molecule has 6 N–H and O–H groups in total. The van der Waals surface area contributed by atoms with Crippen LogP contribution in [0.15, 0.2) is 83.9 Å². The number of carbonyl (C=O) groups excluding carboxylic acids is 1. The van der Waals surface area contributed by atoms with Gasteiger partial charge in [0.15, 0.2) is 11.6 Å². The summed E-state index contributed by atoms with van der Waals surface area (Å²) in [5.74, 6) is -1.96. The van der Waals surface area contributed by atoms with Crippen molar-refractivity contribution in [3.8, 4) is 17.2 Å². The number of ether oxygens (including phenoxy) is 1. The molecule has 0 saturated carbocycles.